The van der Waals surface area contributed by atoms with Crippen molar-refractivity contribution in [1.29, 1.82) is 0 Å². The number of aldehydes is 1. The van der Waals surface area contributed by atoms with Crippen molar-refractivity contribution in [2.45, 2.75) is 50.7 Å². The van der Waals surface area contributed by atoms with Gasteiger partial charge in [0, 0.05) is 0 Å². The summed E-state index contributed by atoms with van der Waals surface area (Å²) in [5.74, 6) is 0. The molecule has 0 aliphatic rings. The van der Waals surface area contributed by atoms with E-state index in [2.05, 4.69) is 0 Å². The molecule has 0 rings (SSSR count). The van der Waals surface area contributed by atoms with E-state index < -0.39 is 29.4 Å². The zero-order chi connectivity index (χ0) is 12.1. The molecule has 0 aliphatic carbocycles. The van der Waals surface area contributed by atoms with E-state index in [9.17, 15) is 15.0 Å². The molecule has 0 amide bonds. The van der Waals surface area contributed by atoms with E-state index in [1.54, 1.807) is 0 Å². The molecule has 0 saturated heterocycles. The smallest absolute Gasteiger partial charge is 0.192 e. The lowest BCUT2D eigenvalue weighted by molar-refractivity contribution is -0.126. The summed E-state index contributed by atoms with van der Waals surface area (Å²) in [6.45, 7) is 7.89. The van der Waals surface area contributed by atoms with Gasteiger partial charge in [-0.15, -0.1) is 0 Å². The quantitative estimate of drug-likeness (QED) is 0.492. The Morgan fingerprint density at radius 3 is 2.40 bits per heavy atom. The van der Waals surface area contributed by atoms with Gasteiger partial charge in [0.25, 0.3) is 0 Å². The highest BCUT2D eigenvalue weighted by Crippen LogP contribution is 2.14. The lowest BCUT2D eigenvalue weighted by Gasteiger charge is -2.30. The lowest BCUT2D eigenvalue weighted by Crippen LogP contribution is -2.52. The maximum Gasteiger partial charge on any atom is 0.192 e. The number of carbonyl (C=O) groups excluding carboxylic acids is 1. The largest absolute Gasteiger partial charge is 0.458 e. The molecule has 2 unspecified atom stereocenters. The minimum Gasteiger partial charge on any atom is -0.458 e. The van der Waals surface area contributed by atoms with Crippen LogP contribution in [0.2, 0.25) is 19.6 Å². The fourth-order valence-corrected chi connectivity index (χ4v) is 4.19. The van der Waals surface area contributed by atoms with Crippen LogP contribution in [0, 0.1) is 0 Å². The SMILES string of the molecule is CCCC(O)C(O)(C=O)[SiH2]O[Si](C)(C)C. The molecule has 0 spiro atoms. The van der Waals surface area contributed by atoms with Crippen LogP contribution in [0.15, 0.2) is 0 Å². The number of aliphatic hydroxyl groups excluding tert-OH is 1. The van der Waals surface area contributed by atoms with Crippen molar-refractivity contribution >= 4 is 24.4 Å². The molecular formula is C9H22O4Si2. The zero-order valence-electron chi connectivity index (χ0n) is 9.99. The average Bonchev–Trinajstić information content (AvgIpc) is 2.13. The number of hydrogen-bond donors (Lipinski definition) is 2. The predicted molar refractivity (Wildman–Crippen MR) is 64.9 cm³/mol. The Morgan fingerprint density at radius 1 is 1.53 bits per heavy atom. The van der Waals surface area contributed by atoms with Crippen LogP contribution in [-0.4, -0.2) is 45.9 Å². The second-order valence-electron chi connectivity index (χ2n) is 4.81. The summed E-state index contributed by atoms with van der Waals surface area (Å²) in [6, 6.07) is 0. The van der Waals surface area contributed by atoms with Crippen molar-refractivity contribution in [1.82, 2.24) is 0 Å². The van der Waals surface area contributed by atoms with E-state index in [1.807, 2.05) is 26.6 Å². The summed E-state index contributed by atoms with van der Waals surface area (Å²) in [4.78, 5) is 10.8. The zero-order valence-corrected chi connectivity index (χ0v) is 12.4. The summed E-state index contributed by atoms with van der Waals surface area (Å²) in [7, 11) is -3.16. The van der Waals surface area contributed by atoms with Gasteiger partial charge in [-0.1, -0.05) is 13.3 Å². The maximum atomic E-state index is 10.8. The second-order valence-corrected chi connectivity index (χ2v) is 11.6. The Bertz CT molecular complexity index is 205. The van der Waals surface area contributed by atoms with Crippen LogP contribution < -0.4 is 0 Å². The third-order valence-corrected chi connectivity index (χ3v) is 7.22. The summed E-state index contributed by atoms with van der Waals surface area (Å²) in [6.07, 6.45) is 0.623. The van der Waals surface area contributed by atoms with Gasteiger partial charge in [-0.05, 0) is 26.1 Å². The highest BCUT2D eigenvalue weighted by atomic mass is 28.4. The first-order valence-electron chi connectivity index (χ1n) is 5.26. The van der Waals surface area contributed by atoms with Crippen LogP contribution in [0.5, 0.6) is 0 Å². The first kappa shape index (κ1) is 15.0. The van der Waals surface area contributed by atoms with Crippen molar-refractivity contribution in [2.75, 3.05) is 0 Å². The maximum absolute atomic E-state index is 10.8. The summed E-state index contributed by atoms with van der Waals surface area (Å²) in [5.41, 5.74) is 0. The van der Waals surface area contributed by atoms with Gasteiger partial charge < -0.3 is 19.1 Å². The normalized spacial score (nSPS) is 19.1. The van der Waals surface area contributed by atoms with E-state index in [1.165, 1.54) is 0 Å². The lowest BCUT2D eigenvalue weighted by atomic mass is 10.1. The molecule has 0 saturated carbocycles. The number of hydrogen-bond acceptors (Lipinski definition) is 4. The van der Waals surface area contributed by atoms with Crippen LogP contribution in [-0.2, 0) is 8.91 Å². The van der Waals surface area contributed by atoms with Gasteiger partial charge in [-0.3, -0.25) is 0 Å². The number of aliphatic hydroxyl groups is 2. The van der Waals surface area contributed by atoms with E-state index in [0.717, 1.165) is 6.42 Å². The fraction of sp³-hybridized carbons (Fsp3) is 0.889. The van der Waals surface area contributed by atoms with Gasteiger partial charge >= 0.3 is 0 Å². The monoisotopic (exact) mass is 250 g/mol. The first-order valence-corrected chi connectivity index (χ1v) is 9.95. The molecule has 2 N–H and O–H groups in total. The van der Waals surface area contributed by atoms with Gasteiger partial charge in [-0.2, -0.15) is 0 Å². The Kier molecular flexibility index (Phi) is 5.90. The van der Waals surface area contributed by atoms with Crippen molar-refractivity contribution < 1.29 is 19.1 Å². The number of rotatable bonds is 7. The third kappa shape index (κ3) is 5.57. The van der Waals surface area contributed by atoms with Crippen molar-refractivity contribution in [3.63, 3.8) is 0 Å². The minimum absolute atomic E-state index is 0.428. The van der Waals surface area contributed by atoms with Gasteiger partial charge in [0.15, 0.2) is 29.6 Å². The average molecular weight is 250 g/mol. The van der Waals surface area contributed by atoms with Gasteiger partial charge in [-0.25, -0.2) is 0 Å². The molecular weight excluding hydrogens is 228 g/mol. The summed E-state index contributed by atoms with van der Waals surface area (Å²) in [5, 5.41) is 18.0. The number of carbonyl (C=O) groups is 1. The van der Waals surface area contributed by atoms with Crippen molar-refractivity contribution in [3.05, 3.63) is 0 Å². The van der Waals surface area contributed by atoms with E-state index in [-0.39, 0.29) is 0 Å². The minimum atomic E-state index is -1.72. The van der Waals surface area contributed by atoms with Crippen LogP contribution >= 0.6 is 0 Å². The van der Waals surface area contributed by atoms with Crippen molar-refractivity contribution in [3.8, 4) is 0 Å². The molecule has 4 nitrogen and oxygen atoms in total. The highest BCUT2D eigenvalue weighted by molar-refractivity contribution is 6.74. The highest BCUT2D eigenvalue weighted by Gasteiger charge is 2.37. The molecule has 0 bridgehead atoms. The molecule has 0 aromatic carbocycles. The van der Waals surface area contributed by atoms with E-state index in [4.69, 9.17) is 4.12 Å². The van der Waals surface area contributed by atoms with Gasteiger partial charge in [0.1, 0.15) is 0 Å². The Hall–Kier alpha value is -0.0162. The predicted octanol–water partition coefficient (Wildman–Crippen LogP) is -0.0298. The molecule has 90 valence electrons. The van der Waals surface area contributed by atoms with Crippen LogP contribution in [0.4, 0.5) is 0 Å². The summed E-state index contributed by atoms with van der Waals surface area (Å²) < 4.78 is 5.59. The standard InChI is InChI=1S/C9H22O4Si2/c1-5-6-8(11)9(12,7-10)14-13-15(2,3)4/h7-8,11-12H,5-6,14H2,1-4H3. The topological polar surface area (TPSA) is 66.8 Å². The first-order chi connectivity index (χ1) is 6.75. The third-order valence-electron chi connectivity index (χ3n) is 2.08. The van der Waals surface area contributed by atoms with E-state index >= 15 is 0 Å². The second kappa shape index (κ2) is 5.90. The van der Waals surface area contributed by atoms with Gasteiger partial charge in [0.2, 0.25) is 0 Å². The van der Waals surface area contributed by atoms with E-state index in [0.29, 0.717) is 12.7 Å². The molecule has 0 aromatic rings. The Balaban J connectivity index is 4.37. The molecule has 0 aromatic heterocycles. The molecule has 15 heavy (non-hydrogen) atoms. The molecule has 0 heterocycles. The van der Waals surface area contributed by atoms with Crippen LogP contribution in [0.1, 0.15) is 19.8 Å². The molecule has 2 atom stereocenters. The van der Waals surface area contributed by atoms with Crippen LogP contribution in [0.3, 0.4) is 0 Å². The van der Waals surface area contributed by atoms with Crippen molar-refractivity contribution in [2.24, 2.45) is 0 Å². The Morgan fingerprint density at radius 2 is 2.07 bits per heavy atom. The summed E-state index contributed by atoms with van der Waals surface area (Å²) >= 11 is 0. The van der Waals surface area contributed by atoms with Crippen LogP contribution in [0.25, 0.3) is 0 Å². The molecule has 0 radical (unpaired) electrons. The molecule has 0 aliphatic heterocycles. The molecule has 6 heteroatoms. The molecule has 0 fully saturated rings. The Labute approximate surface area is 94.7 Å². The van der Waals surface area contributed by atoms with Gasteiger partial charge in [0.05, 0.1) is 6.10 Å². The fourth-order valence-electron chi connectivity index (χ4n) is 1.06.